The number of para-hydroxylation sites is 1. The molecule has 0 saturated carbocycles. The van der Waals surface area contributed by atoms with Gasteiger partial charge in [-0.2, -0.15) is 9.97 Å². The molecular formula is C18H19ClN6O3. The van der Waals surface area contributed by atoms with Gasteiger partial charge in [-0.3, -0.25) is 9.59 Å². The molecule has 0 bridgehead atoms. The van der Waals surface area contributed by atoms with Gasteiger partial charge < -0.3 is 26.0 Å². The van der Waals surface area contributed by atoms with Crippen LogP contribution in [0.2, 0.25) is 5.02 Å². The largest absolute Gasteiger partial charge is 0.383 e. The maximum absolute atomic E-state index is 12.9. The third-order valence-electron chi connectivity index (χ3n) is 4.70. The van der Waals surface area contributed by atoms with Gasteiger partial charge in [0.2, 0.25) is 17.8 Å². The minimum atomic E-state index is -0.807. The van der Waals surface area contributed by atoms with Crippen LogP contribution in [0.1, 0.15) is 17.9 Å². The summed E-state index contributed by atoms with van der Waals surface area (Å²) in [6.07, 6.45) is -0.0479. The van der Waals surface area contributed by atoms with Crippen LogP contribution in [0.4, 0.5) is 23.3 Å². The van der Waals surface area contributed by atoms with Crippen molar-refractivity contribution in [3.05, 3.63) is 34.9 Å². The molecule has 3 heterocycles. The van der Waals surface area contributed by atoms with Crippen molar-refractivity contribution in [3.8, 4) is 0 Å². The fraction of sp³-hybridized carbons (Fsp3) is 0.333. The van der Waals surface area contributed by atoms with Crippen molar-refractivity contribution in [2.45, 2.75) is 12.3 Å². The predicted octanol–water partition coefficient (Wildman–Crippen LogP) is 1.61. The molecule has 2 aromatic rings. The standard InChI is InChI=1S/C18H19ClN6O3/c19-11-3-1-2-4-12(11)21-17(27)10-9-13(26)22-16-14(10)15(20)23-18(24-16)25-5-7-28-8-6-25/h1-4,10H,5-9H2,(H,21,27)(H3,20,22,23,24,26). The van der Waals surface area contributed by atoms with Crippen LogP contribution >= 0.6 is 11.6 Å². The van der Waals surface area contributed by atoms with Gasteiger partial charge in [0.1, 0.15) is 11.6 Å². The first-order valence-corrected chi connectivity index (χ1v) is 9.26. The van der Waals surface area contributed by atoms with Crippen molar-refractivity contribution >= 4 is 46.7 Å². The summed E-state index contributed by atoms with van der Waals surface area (Å²) >= 11 is 6.12. The Kier molecular flexibility index (Phi) is 5.01. The van der Waals surface area contributed by atoms with Crippen LogP contribution in [-0.2, 0) is 14.3 Å². The third kappa shape index (κ3) is 3.58. The number of nitrogens with zero attached hydrogens (tertiary/aromatic N) is 3. The lowest BCUT2D eigenvalue weighted by atomic mass is 9.92. The summed E-state index contributed by atoms with van der Waals surface area (Å²) in [7, 11) is 0. The van der Waals surface area contributed by atoms with Gasteiger partial charge in [-0.05, 0) is 12.1 Å². The molecule has 1 saturated heterocycles. The molecule has 2 aliphatic heterocycles. The number of hydrogen-bond donors (Lipinski definition) is 3. The number of carbonyl (C=O) groups is 2. The number of amides is 2. The van der Waals surface area contributed by atoms with E-state index in [1.165, 1.54) is 0 Å². The number of carbonyl (C=O) groups excluding carboxylic acids is 2. The van der Waals surface area contributed by atoms with Crippen molar-refractivity contribution in [2.24, 2.45) is 0 Å². The number of halogens is 1. The number of ether oxygens (including phenoxy) is 1. The fourth-order valence-corrected chi connectivity index (χ4v) is 3.48. The maximum atomic E-state index is 12.9. The van der Waals surface area contributed by atoms with Gasteiger partial charge in [0.25, 0.3) is 0 Å². The number of anilines is 4. The molecule has 0 radical (unpaired) electrons. The third-order valence-corrected chi connectivity index (χ3v) is 5.03. The van der Waals surface area contributed by atoms with Gasteiger partial charge in [-0.15, -0.1) is 0 Å². The summed E-state index contributed by atoms with van der Waals surface area (Å²) in [6.45, 7) is 2.39. The van der Waals surface area contributed by atoms with E-state index >= 15 is 0 Å². The Labute approximate surface area is 166 Å². The zero-order chi connectivity index (χ0) is 19.7. The Morgan fingerprint density at radius 1 is 1.29 bits per heavy atom. The van der Waals surface area contributed by atoms with E-state index in [0.29, 0.717) is 48.5 Å². The van der Waals surface area contributed by atoms with E-state index < -0.39 is 11.8 Å². The van der Waals surface area contributed by atoms with Crippen LogP contribution in [0.15, 0.2) is 24.3 Å². The van der Waals surface area contributed by atoms with Gasteiger partial charge in [0.05, 0.1) is 35.4 Å². The first-order valence-electron chi connectivity index (χ1n) is 8.88. The van der Waals surface area contributed by atoms with Crippen LogP contribution in [0.5, 0.6) is 0 Å². The number of morpholine rings is 1. The molecule has 4 rings (SSSR count). The number of nitrogens with one attached hydrogen (secondary N) is 2. The molecule has 10 heteroatoms. The first-order chi connectivity index (χ1) is 13.5. The second kappa shape index (κ2) is 7.61. The summed E-state index contributed by atoms with van der Waals surface area (Å²) in [5, 5.41) is 5.87. The Bertz CT molecular complexity index is 932. The highest BCUT2D eigenvalue weighted by Gasteiger charge is 2.35. The van der Waals surface area contributed by atoms with E-state index in [1.807, 2.05) is 4.90 Å². The number of hydrogen-bond acceptors (Lipinski definition) is 7. The minimum absolute atomic E-state index is 0.0479. The Balaban J connectivity index is 1.65. The summed E-state index contributed by atoms with van der Waals surface area (Å²) in [5.74, 6) is -0.655. The molecule has 0 spiro atoms. The highest BCUT2D eigenvalue weighted by Crippen LogP contribution is 2.37. The quantitative estimate of drug-likeness (QED) is 0.712. The lowest BCUT2D eigenvalue weighted by Gasteiger charge is -2.30. The van der Waals surface area contributed by atoms with Crippen molar-refractivity contribution in [3.63, 3.8) is 0 Å². The molecule has 1 aromatic carbocycles. The average molecular weight is 403 g/mol. The van der Waals surface area contributed by atoms with Crippen molar-refractivity contribution in [2.75, 3.05) is 47.6 Å². The molecule has 2 aliphatic rings. The predicted molar refractivity (Wildman–Crippen MR) is 106 cm³/mol. The zero-order valence-corrected chi connectivity index (χ0v) is 15.7. The number of nitrogen functional groups attached to an aromatic ring is 1. The molecule has 28 heavy (non-hydrogen) atoms. The smallest absolute Gasteiger partial charge is 0.232 e. The molecular weight excluding hydrogens is 384 g/mol. The Hall–Kier alpha value is -2.91. The van der Waals surface area contributed by atoms with Crippen LogP contribution in [0.25, 0.3) is 0 Å². The molecule has 146 valence electrons. The second-order valence-corrected chi connectivity index (χ2v) is 6.95. The number of benzene rings is 1. The lowest BCUT2D eigenvalue weighted by Crippen LogP contribution is -2.38. The second-order valence-electron chi connectivity index (χ2n) is 6.54. The van der Waals surface area contributed by atoms with Crippen molar-refractivity contribution < 1.29 is 14.3 Å². The number of fused-ring (bicyclic) bond motifs is 1. The van der Waals surface area contributed by atoms with Gasteiger partial charge in [-0.25, -0.2) is 0 Å². The molecule has 1 aromatic heterocycles. The van der Waals surface area contributed by atoms with E-state index in [1.54, 1.807) is 24.3 Å². The summed E-state index contributed by atoms with van der Waals surface area (Å²) in [4.78, 5) is 35.8. The Morgan fingerprint density at radius 3 is 2.79 bits per heavy atom. The zero-order valence-electron chi connectivity index (χ0n) is 14.9. The summed E-state index contributed by atoms with van der Waals surface area (Å²) in [5.41, 5.74) is 7.06. The van der Waals surface area contributed by atoms with E-state index in [2.05, 4.69) is 20.6 Å². The van der Waals surface area contributed by atoms with Crippen molar-refractivity contribution in [1.29, 1.82) is 0 Å². The topological polar surface area (TPSA) is 122 Å². The normalized spacial score (nSPS) is 19.0. The van der Waals surface area contributed by atoms with Crippen LogP contribution in [0.3, 0.4) is 0 Å². The summed E-state index contributed by atoms with van der Waals surface area (Å²) in [6, 6.07) is 6.88. The highest BCUT2D eigenvalue weighted by atomic mass is 35.5. The molecule has 0 aliphatic carbocycles. The van der Waals surface area contributed by atoms with E-state index in [9.17, 15) is 9.59 Å². The lowest BCUT2D eigenvalue weighted by molar-refractivity contribution is -0.123. The number of nitrogens with two attached hydrogens (primary N) is 1. The molecule has 1 atom stereocenters. The van der Waals surface area contributed by atoms with Crippen LogP contribution in [-0.4, -0.2) is 48.1 Å². The van der Waals surface area contributed by atoms with E-state index in [4.69, 9.17) is 22.1 Å². The van der Waals surface area contributed by atoms with Gasteiger partial charge >= 0.3 is 0 Å². The fourth-order valence-electron chi connectivity index (χ4n) is 3.29. The molecule has 1 fully saturated rings. The van der Waals surface area contributed by atoms with Gasteiger partial charge in [0.15, 0.2) is 0 Å². The maximum Gasteiger partial charge on any atom is 0.232 e. The first kappa shape index (κ1) is 18.5. The van der Waals surface area contributed by atoms with Crippen molar-refractivity contribution in [1.82, 2.24) is 9.97 Å². The minimum Gasteiger partial charge on any atom is -0.383 e. The van der Waals surface area contributed by atoms with E-state index in [-0.39, 0.29) is 24.0 Å². The molecule has 2 amide bonds. The highest BCUT2D eigenvalue weighted by molar-refractivity contribution is 6.33. The number of aromatic nitrogens is 2. The van der Waals surface area contributed by atoms with Crippen LogP contribution in [0, 0.1) is 0 Å². The monoisotopic (exact) mass is 402 g/mol. The van der Waals surface area contributed by atoms with Gasteiger partial charge in [0, 0.05) is 19.5 Å². The number of rotatable bonds is 3. The Morgan fingerprint density at radius 2 is 2.04 bits per heavy atom. The SMILES string of the molecule is Nc1nc(N2CCOCC2)nc2c1C(C(=O)Nc1ccccc1Cl)CC(=O)N2. The average Bonchev–Trinajstić information content (AvgIpc) is 2.69. The molecule has 1 unspecified atom stereocenters. The molecule has 9 nitrogen and oxygen atoms in total. The van der Waals surface area contributed by atoms with Crippen LogP contribution < -0.4 is 21.3 Å². The summed E-state index contributed by atoms with van der Waals surface area (Å²) < 4.78 is 5.33. The molecule has 4 N–H and O–H groups in total. The van der Waals surface area contributed by atoms with Gasteiger partial charge in [-0.1, -0.05) is 23.7 Å². The van der Waals surface area contributed by atoms with E-state index in [0.717, 1.165) is 0 Å².